The van der Waals surface area contributed by atoms with E-state index in [0.717, 1.165) is 41.2 Å². The third-order valence-corrected chi connectivity index (χ3v) is 7.36. The normalized spacial score (nSPS) is 18.7. The summed E-state index contributed by atoms with van der Waals surface area (Å²) in [5.74, 6) is 0.932. The summed E-state index contributed by atoms with van der Waals surface area (Å²) in [6, 6.07) is 8.15. The second-order valence-corrected chi connectivity index (χ2v) is 9.19. The van der Waals surface area contributed by atoms with Crippen LogP contribution in [0.3, 0.4) is 0 Å². The fourth-order valence-electron chi connectivity index (χ4n) is 4.73. The summed E-state index contributed by atoms with van der Waals surface area (Å²) in [6.45, 7) is 5.29. The van der Waals surface area contributed by atoms with Crippen LogP contribution in [0.1, 0.15) is 5.56 Å². The number of aryl methyl sites for hydroxylation is 1. The smallest absolute Gasteiger partial charge is 0.330 e. The van der Waals surface area contributed by atoms with Gasteiger partial charge in [-0.15, -0.1) is 11.3 Å². The monoisotopic (exact) mass is 435 g/mol. The van der Waals surface area contributed by atoms with Crippen LogP contribution >= 0.6 is 11.3 Å². The molecule has 1 unspecified atom stereocenters. The molecule has 1 N–H and O–H groups in total. The summed E-state index contributed by atoms with van der Waals surface area (Å²) in [5.41, 5.74) is 2.34. The molecule has 4 aromatic rings. The van der Waals surface area contributed by atoms with E-state index in [1.165, 1.54) is 21.5 Å². The molecule has 31 heavy (non-hydrogen) atoms. The van der Waals surface area contributed by atoms with Gasteiger partial charge in [0.15, 0.2) is 0 Å². The Morgan fingerprint density at radius 3 is 3.06 bits per heavy atom. The Morgan fingerprint density at radius 1 is 1.26 bits per heavy atom. The van der Waals surface area contributed by atoms with Gasteiger partial charge < -0.3 is 14.6 Å². The zero-order valence-corrected chi connectivity index (χ0v) is 17.8. The van der Waals surface area contributed by atoms with Crippen molar-refractivity contribution >= 4 is 37.3 Å². The predicted octanol–water partition coefficient (Wildman–Crippen LogP) is 2.15. The van der Waals surface area contributed by atoms with Gasteiger partial charge in [-0.05, 0) is 24.6 Å². The minimum Gasteiger partial charge on any atom is -0.489 e. The van der Waals surface area contributed by atoms with Crippen molar-refractivity contribution in [2.75, 3.05) is 31.1 Å². The van der Waals surface area contributed by atoms with E-state index in [1.54, 1.807) is 12.4 Å². The zero-order valence-electron chi connectivity index (χ0n) is 17.0. The number of benzene rings is 1. The molecule has 3 aromatic heterocycles. The first-order chi connectivity index (χ1) is 15.1. The maximum absolute atomic E-state index is 13.2. The third-order valence-electron chi connectivity index (χ3n) is 6.24. The lowest BCUT2D eigenvalue weighted by atomic mass is 10.1. The van der Waals surface area contributed by atoms with Gasteiger partial charge in [0.1, 0.15) is 17.1 Å². The molecule has 6 rings (SSSR count). The van der Waals surface area contributed by atoms with Crippen molar-refractivity contribution in [1.29, 1.82) is 0 Å². The Balaban J connectivity index is 1.31. The van der Waals surface area contributed by atoms with Gasteiger partial charge >= 0.3 is 5.69 Å². The van der Waals surface area contributed by atoms with Crippen molar-refractivity contribution in [3.63, 3.8) is 0 Å². The number of nitrogens with zero attached hydrogens (tertiary/aromatic N) is 4. The predicted molar refractivity (Wildman–Crippen MR) is 121 cm³/mol. The lowest BCUT2D eigenvalue weighted by Gasteiger charge is -2.46. The third kappa shape index (κ3) is 2.88. The van der Waals surface area contributed by atoms with Gasteiger partial charge in [-0.25, -0.2) is 9.36 Å². The van der Waals surface area contributed by atoms with Crippen LogP contribution in [0.5, 0.6) is 5.75 Å². The maximum Gasteiger partial charge on any atom is 0.330 e. The number of aromatic nitrogens is 3. The molecule has 2 aliphatic rings. The Bertz CT molecular complexity index is 1440. The first kappa shape index (κ1) is 18.6. The van der Waals surface area contributed by atoms with Crippen LogP contribution in [-0.2, 0) is 6.67 Å². The summed E-state index contributed by atoms with van der Waals surface area (Å²) in [4.78, 5) is 37.5. The molecule has 2 aliphatic heterocycles. The molecular formula is C22H21N5O3S. The molecule has 158 valence electrons. The molecule has 0 amide bonds. The van der Waals surface area contributed by atoms with Crippen molar-refractivity contribution in [2.45, 2.75) is 19.6 Å². The van der Waals surface area contributed by atoms with Gasteiger partial charge in [-0.1, -0.05) is 12.1 Å². The fraction of sp³-hybridized carbons (Fsp3) is 0.318. The van der Waals surface area contributed by atoms with Crippen molar-refractivity contribution in [3.05, 3.63) is 63.1 Å². The van der Waals surface area contributed by atoms with Gasteiger partial charge in [0.2, 0.25) is 0 Å². The number of hydrogen-bond donors (Lipinski definition) is 1. The Morgan fingerprint density at radius 2 is 2.16 bits per heavy atom. The Kier molecular flexibility index (Phi) is 4.15. The van der Waals surface area contributed by atoms with E-state index < -0.39 is 0 Å². The lowest BCUT2D eigenvalue weighted by molar-refractivity contribution is 0.137. The van der Waals surface area contributed by atoms with Crippen molar-refractivity contribution in [1.82, 2.24) is 19.4 Å². The standard InChI is InChI=1S/C22H21N5O3S/c1-13-3-2-4-16-19(13)26-8-7-25(10-14(26)11-30-16)12-27-21(28)20-18(24-22(27)29)15-5-6-23-9-17(15)31-20/h2-6,9,14H,7-8,10-12H2,1H3,(H,24,29). The molecule has 5 heterocycles. The number of fused-ring (bicyclic) bond motifs is 6. The average molecular weight is 436 g/mol. The zero-order chi connectivity index (χ0) is 21.1. The molecule has 0 radical (unpaired) electrons. The second-order valence-electron chi connectivity index (χ2n) is 8.14. The highest BCUT2D eigenvalue weighted by molar-refractivity contribution is 7.25. The number of anilines is 1. The SMILES string of the molecule is Cc1cccc2c1N1CCN(Cn3c(=O)[nH]c4c(sc5cnccc54)c3=O)CC1CO2. The minimum atomic E-state index is -0.377. The van der Waals surface area contributed by atoms with Gasteiger partial charge in [0, 0.05) is 37.4 Å². The van der Waals surface area contributed by atoms with E-state index in [-0.39, 0.29) is 24.0 Å². The van der Waals surface area contributed by atoms with Crippen LogP contribution < -0.4 is 20.9 Å². The molecule has 1 atom stereocenters. The highest BCUT2D eigenvalue weighted by Crippen LogP contribution is 2.37. The molecule has 0 spiro atoms. The molecule has 9 heteroatoms. The van der Waals surface area contributed by atoms with E-state index >= 15 is 0 Å². The van der Waals surface area contributed by atoms with E-state index in [1.807, 2.05) is 18.2 Å². The Labute approximate surface area is 181 Å². The van der Waals surface area contributed by atoms with Crippen LogP contribution in [0.4, 0.5) is 5.69 Å². The topological polar surface area (TPSA) is 83.5 Å². The summed E-state index contributed by atoms with van der Waals surface area (Å²) < 4.78 is 8.77. The van der Waals surface area contributed by atoms with Crippen molar-refractivity contribution in [2.24, 2.45) is 0 Å². The number of ether oxygens (including phenoxy) is 1. The van der Waals surface area contributed by atoms with Crippen molar-refractivity contribution < 1.29 is 4.74 Å². The number of para-hydroxylation sites is 1. The number of nitrogens with one attached hydrogen (secondary N) is 1. The van der Waals surface area contributed by atoms with Crippen LogP contribution in [0, 0.1) is 6.92 Å². The molecular weight excluding hydrogens is 414 g/mol. The quantitative estimate of drug-likeness (QED) is 0.520. The number of pyridine rings is 1. The number of thiophene rings is 1. The first-order valence-electron chi connectivity index (χ1n) is 10.3. The van der Waals surface area contributed by atoms with Crippen LogP contribution in [0.15, 0.2) is 46.2 Å². The molecule has 0 bridgehead atoms. The average Bonchev–Trinajstić information content (AvgIpc) is 3.15. The Hall–Kier alpha value is -3.17. The molecule has 1 fully saturated rings. The number of H-pyrrole nitrogens is 1. The van der Waals surface area contributed by atoms with Gasteiger partial charge in [-0.3, -0.25) is 14.7 Å². The molecule has 1 aromatic carbocycles. The fourth-order valence-corrected chi connectivity index (χ4v) is 5.81. The van der Waals surface area contributed by atoms with E-state index in [2.05, 4.69) is 32.8 Å². The number of hydrogen-bond acceptors (Lipinski definition) is 7. The summed E-state index contributed by atoms with van der Waals surface area (Å²) >= 11 is 1.37. The number of piperazine rings is 1. The van der Waals surface area contributed by atoms with Gasteiger partial charge in [0.05, 0.1) is 28.6 Å². The van der Waals surface area contributed by atoms with Crippen LogP contribution in [-0.4, -0.2) is 51.7 Å². The molecule has 0 saturated carbocycles. The maximum atomic E-state index is 13.2. The van der Waals surface area contributed by atoms with E-state index in [9.17, 15) is 9.59 Å². The van der Waals surface area contributed by atoms with Gasteiger partial charge in [-0.2, -0.15) is 0 Å². The van der Waals surface area contributed by atoms with Crippen LogP contribution in [0.2, 0.25) is 0 Å². The number of rotatable bonds is 2. The second kappa shape index (κ2) is 6.93. The molecule has 0 aliphatic carbocycles. The van der Waals surface area contributed by atoms with Gasteiger partial charge in [0.25, 0.3) is 5.56 Å². The largest absolute Gasteiger partial charge is 0.489 e. The van der Waals surface area contributed by atoms with Crippen LogP contribution in [0.25, 0.3) is 20.3 Å². The summed E-state index contributed by atoms with van der Waals surface area (Å²) in [6.07, 6.45) is 3.40. The van der Waals surface area contributed by atoms with E-state index in [0.29, 0.717) is 16.8 Å². The first-order valence-corrected chi connectivity index (χ1v) is 11.1. The lowest BCUT2D eigenvalue weighted by Crippen LogP contribution is -2.58. The van der Waals surface area contributed by atoms with Crippen molar-refractivity contribution in [3.8, 4) is 5.75 Å². The highest BCUT2D eigenvalue weighted by atomic mass is 32.1. The molecule has 1 saturated heterocycles. The molecule has 8 nitrogen and oxygen atoms in total. The summed E-state index contributed by atoms with van der Waals surface area (Å²) in [5, 5.41) is 0.860. The number of aromatic amines is 1. The minimum absolute atomic E-state index is 0.191. The summed E-state index contributed by atoms with van der Waals surface area (Å²) in [7, 11) is 0. The highest BCUT2D eigenvalue weighted by Gasteiger charge is 2.34. The van der Waals surface area contributed by atoms with E-state index in [4.69, 9.17) is 4.74 Å².